The Morgan fingerprint density at radius 1 is 1.08 bits per heavy atom. The molecular formula is C19H23N3O2. The first-order chi connectivity index (χ1) is 11.6. The number of amides is 2. The van der Waals surface area contributed by atoms with Crippen molar-refractivity contribution in [1.82, 2.24) is 9.80 Å². The molecule has 1 aliphatic heterocycles. The zero-order valence-corrected chi connectivity index (χ0v) is 13.9. The third-order valence-corrected chi connectivity index (χ3v) is 4.28. The molecule has 0 bridgehead atoms. The van der Waals surface area contributed by atoms with Crippen LogP contribution in [-0.2, 0) is 6.54 Å². The predicted octanol–water partition coefficient (Wildman–Crippen LogP) is 3.05. The lowest BCUT2D eigenvalue weighted by Crippen LogP contribution is -2.49. The van der Waals surface area contributed by atoms with Crippen LogP contribution in [0.2, 0.25) is 0 Å². The molecule has 3 rings (SSSR count). The van der Waals surface area contributed by atoms with E-state index >= 15 is 0 Å². The van der Waals surface area contributed by atoms with Crippen LogP contribution in [0.1, 0.15) is 11.1 Å². The van der Waals surface area contributed by atoms with Gasteiger partial charge in [0.15, 0.2) is 0 Å². The third kappa shape index (κ3) is 4.26. The molecular weight excluding hydrogens is 302 g/mol. The molecule has 0 radical (unpaired) electrons. The molecule has 2 aromatic carbocycles. The fourth-order valence-electron chi connectivity index (χ4n) is 2.86. The highest BCUT2D eigenvalue weighted by Crippen LogP contribution is 2.15. The minimum atomic E-state index is -0.0455. The van der Waals surface area contributed by atoms with Crippen molar-refractivity contribution in [3.8, 4) is 5.75 Å². The van der Waals surface area contributed by atoms with Crippen LogP contribution < -0.4 is 5.32 Å². The lowest BCUT2D eigenvalue weighted by atomic mass is 10.2. The Morgan fingerprint density at radius 2 is 1.79 bits per heavy atom. The summed E-state index contributed by atoms with van der Waals surface area (Å²) in [6.45, 7) is 5.89. The van der Waals surface area contributed by atoms with Gasteiger partial charge in [-0.25, -0.2) is 4.79 Å². The zero-order chi connectivity index (χ0) is 16.9. The molecule has 126 valence electrons. The molecule has 0 spiro atoms. The number of phenolic OH excluding ortho intramolecular Hbond substituents is 1. The standard InChI is InChI=1S/C19H23N3O2/c1-15-5-7-17(8-6-15)20-19(24)22-11-9-21(10-12-22)14-16-3-2-4-18(23)13-16/h2-8,13,23H,9-12,14H2,1H3,(H,20,24). The van der Waals surface area contributed by atoms with E-state index in [0.717, 1.165) is 30.9 Å². The number of benzene rings is 2. The summed E-state index contributed by atoms with van der Waals surface area (Å²) in [7, 11) is 0. The molecule has 2 aromatic rings. The number of piperazine rings is 1. The van der Waals surface area contributed by atoms with E-state index in [1.165, 1.54) is 5.56 Å². The number of carbonyl (C=O) groups excluding carboxylic acids is 1. The Balaban J connectivity index is 1.49. The van der Waals surface area contributed by atoms with Crippen molar-refractivity contribution in [1.29, 1.82) is 0 Å². The number of urea groups is 1. The molecule has 0 aromatic heterocycles. The molecule has 0 atom stereocenters. The van der Waals surface area contributed by atoms with Gasteiger partial charge in [0, 0.05) is 38.4 Å². The van der Waals surface area contributed by atoms with Gasteiger partial charge >= 0.3 is 6.03 Å². The monoisotopic (exact) mass is 325 g/mol. The Bertz CT molecular complexity index is 692. The minimum Gasteiger partial charge on any atom is -0.508 e. The molecule has 2 amide bonds. The molecule has 1 fully saturated rings. The molecule has 1 heterocycles. The van der Waals surface area contributed by atoms with Crippen molar-refractivity contribution in [3.63, 3.8) is 0 Å². The number of hydrogen-bond acceptors (Lipinski definition) is 3. The summed E-state index contributed by atoms with van der Waals surface area (Å²) in [5.41, 5.74) is 3.09. The quantitative estimate of drug-likeness (QED) is 0.912. The van der Waals surface area contributed by atoms with Gasteiger partial charge in [-0.05, 0) is 36.8 Å². The summed E-state index contributed by atoms with van der Waals surface area (Å²) in [6.07, 6.45) is 0. The number of nitrogens with zero attached hydrogens (tertiary/aromatic N) is 2. The normalized spacial score (nSPS) is 15.3. The number of nitrogens with one attached hydrogen (secondary N) is 1. The number of phenols is 1. The predicted molar refractivity (Wildman–Crippen MR) is 95.2 cm³/mol. The van der Waals surface area contributed by atoms with E-state index in [1.54, 1.807) is 12.1 Å². The van der Waals surface area contributed by atoms with Gasteiger partial charge in [-0.3, -0.25) is 4.90 Å². The minimum absolute atomic E-state index is 0.0455. The summed E-state index contributed by atoms with van der Waals surface area (Å²) in [4.78, 5) is 16.5. The zero-order valence-electron chi connectivity index (χ0n) is 13.9. The fourth-order valence-corrected chi connectivity index (χ4v) is 2.86. The molecule has 0 aliphatic carbocycles. The number of anilines is 1. The van der Waals surface area contributed by atoms with E-state index in [2.05, 4.69) is 10.2 Å². The fraction of sp³-hybridized carbons (Fsp3) is 0.316. The highest BCUT2D eigenvalue weighted by Gasteiger charge is 2.21. The highest BCUT2D eigenvalue weighted by molar-refractivity contribution is 5.89. The second-order valence-electron chi connectivity index (χ2n) is 6.23. The first-order valence-corrected chi connectivity index (χ1v) is 8.23. The van der Waals surface area contributed by atoms with Crippen LogP contribution in [-0.4, -0.2) is 47.1 Å². The summed E-state index contributed by atoms with van der Waals surface area (Å²) >= 11 is 0. The van der Waals surface area contributed by atoms with E-state index in [0.29, 0.717) is 18.8 Å². The van der Waals surface area contributed by atoms with Gasteiger partial charge in [0.25, 0.3) is 0 Å². The van der Waals surface area contributed by atoms with Crippen LogP contribution in [0.3, 0.4) is 0 Å². The summed E-state index contributed by atoms with van der Waals surface area (Å²) in [5, 5.41) is 12.5. The van der Waals surface area contributed by atoms with Crippen LogP contribution in [0, 0.1) is 6.92 Å². The van der Waals surface area contributed by atoms with Gasteiger partial charge in [-0.1, -0.05) is 29.8 Å². The van der Waals surface area contributed by atoms with Gasteiger partial charge in [0.05, 0.1) is 0 Å². The van der Waals surface area contributed by atoms with Gasteiger partial charge in [-0.2, -0.15) is 0 Å². The van der Waals surface area contributed by atoms with Gasteiger partial charge in [0.1, 0.15) is 5.75 Å². The largest absolute Gasteiger partial charge is 0.508 e. The average Bonchev–Trinajstić information content (AvgIpc) is 2.57. The lowest BCUT2D eigenvalue weighted by molar-refractivity contribution is 0.143. The van der Waals surface area contributed by atoms with Gasteiger partial charge < -0.3 is 15.3 Å². The van der Waals surface area contributed by atoms with Crippen molar-refractivity contribution in [2.45, 2.75) is 13.5 Å². The molecule has 5 nitrogen and oxygen atoms in total. The summed E-state index contributed by atoms with van der Waals surface area (Å²) in [5.74, 6) is 0.295. The smallest absolute Gasteiger partial charge is 0.321 e. The first kappa shape index (κ1) is 16.3. The van der Waals surface area contributed by atoms with Crippen molar-refractivity contribution >= 4 is 11.7 Å². The van der Waals surface area contributed by atoms with Crippen molar-refractivity contribution < 1.29 is 9.90 Å². The van der Waals surface area contributed by atoms with E-state index in [-0.39, 0.29) is 6.03 Å². The Morgan fingerprint density at radius 3 is 2.46 bits per heavy atom. The van der Waals surface area contributed by atoms with Crippen molar-refractivity contribution in [3.05, 3.63) is 59.7 Å². The maximum Gasteiger partial charge on any atom is 0.321 e. The SMILES string of the molecule is Cc1ccc(NC(=O)N2CCN(Cc3cccc(O)c3)CC2)cc1. The molecule has 0 unspecified atom stereocenters. The Labute approximate surface area is 142 Å². The second-order valence-corrected chi connectivity index (χ2v) is 6.23. The number of aromatic hydroxyl groups is 1. The van der Waals surface area contributed by atoms with Crippen LogP contribution >= 0.6 is 0 Å². The topological polar surface area (TPSA) is 55.8 Å². The van der Waals surface area contributed by atoms with Crippen LogP contribution in [0.15, 0.2) is 48.5 Å². The number of rotatable bonds is 3. The van der Waals surface area contributed by atoms with E-state index in [4.69, 9.17) is 0 Å². The van der Waals surface area contributed by atoms with E-state index in [1.807, 2.05) is 48.2 Å². The van der Waals surface area contributed by atoms with Crippen LogP contribution in [0.4, 0.5) is 10.5 Å². The van der Waals surface area contributed by atoms with Crippen molar-refractivity contribution in [2.24, 2.45) is 0 Å². The van der Waals surface area contributed by atoms with Crippen LogP contribution in [0.25, 0.3) is 0 Å². The maximum absolute atomic E-state index is 12.3. The molecule has 1 aliphatic rings. The van der Waals surface area contributed by atoms with E-state index in [9.17, 15) is 9.90 Å². The highest BCUT2D eigenvalue weighted by atomic mass is 16.3. The molecule has 2 N–H and O–H groups in total. The molecule has 24 heavy (non-hydrogen) atoms. The Hall–Kier alpha value is -2.53. The Kier molecular flexibility index (Phi) is 5.01. The molecule has 5 heteroatoms. The summed E-state index contributed by atoms with van der Waals surface area (Å²) < 4.78 is 0. The number of hydrogen-bond donors (Lipinski definition) is 2. The average molecular weight is 325 g/mol. The van der Waals surface area contributed by atoms with Crippen molar-refractivity contribution in [2.75, 3.05) is 31.5 Å². The van der Waals surface area contributed by atoms with Gasteiger partial charge in [-0.15, -0.1) is 0 Å². The van der Waals surface area contributed by atoms with E-state index < -0.39 is 0 Å². The molecule has 1 saturated heterocycles. The third-order valence-electron chi connectivity index (χ3n) is 4.28. The van der Waals surface area contributed by atoms with Crippen LogP contribution in [0.5, 0.6) is 5.75 Å². The summed E-state index contributed by atoms with van der Waals surface area (Å²) in [6, 6.07) is 15.1. The second kappa shape index (κ2) is 7.36. The number of carbonyl (C=O) groups is 1. The van der Waals surface area contributed by atoms with Gasteiger partial charge in [0.2, 0.25) is 0 Å². The maximum atomic E-state index is 12.3. The number of aryl methyl sites for hydroxylation is 1. The molecule has 0 saturated carbocycles. The first-order valence-electron chi connectivity index (χ1n) is 8.23. The lowest BCUT2D eigenvalue weighted by Gasteiger charge is -2.34.